The molecule has 16 heavy (non-hydrogen) atoms. The van der Waals surface area contributed by atoms with E-state index in [0.717, 1.165) is 26.2 Å². The van der Waals surface area contributed by atoms with Gasteiger partial charge in [0.15, 0.2) is 0 Å². The van der Waals surface area contributed by atoms with Crippen LogP contribution in [0.1, 0.15) is 26.5 Å². The topological polar surface area (TPSA) is 25.2 Å². The summed E-state index contributed by atoms with van der Waals surface area (Å²) in [4.78, 5) is 13.9. The van der Waals surface area contributed by atoms with Crippen LogP contribution in [0.4, 0.5) is 0 Å². The highest BCUT2D eigenvalue weighted by atomic mass is 16.1. The predicted molar refractivity (Wildman–Crippen MR) is 64.2 cm³/mol. The van der Waals surface area contributed by atoms with Crippen LogP contribution in [-0.4, -0.2) is 28.3 Å². The molecular weight excluding hydrogens is 200 g/mol. The molecule has 1 aliphatic heterocycles. The fraction of sp³-hybridized carbons (Fsp3) is 0.615. The molecule has 0 bridgehead atoms. The van der Waals surface area contributed by atoms with Gasteiger partial charge in [0.2, 0.25) is 0 Å². The third-order valence-corrected chi connectivity index (χ3v) is 3.54. The Morgan fingerprint density at radius 3 is 2.88 bits per heavy atom. The summed E-state index contributed by atoms with van der Waals surface area (Å²) in [6.07, 6.45) is 2.13. The molecule has 0 saturated heterocycles. The molecule has 88 valence electrons. The van der Waals surface area contributed by atoms with Crippen molar-refractivity contribution in [1.82, 2.24) is 9.47 Å². The van der Waals surface area contributed by atoms with Crippen molar-refractivity contribution >= 4 is 5.78 Å². The number of fused-ring (bicyclic) bond motifs is 1. The Morgan fingerprint density at radius 2 is 2.19 bits per heavy atom. The number of aromatic nitrogens is 1. The lowest BCUT2D eigenvalue weighted by molar-refractivity contribution is -0.126. The molecule has 1 aliphatic rings. The molecule has 2 heterocycles. The van der Waals surface area contributed by atoms with Gasteiger partial charge in [0, 0.05) is 43.5 Å². The van der Waals surface area contributed by atoms with Crippen LogP contribution >= 0.6 is 0 Å². The molecule has 0 spiro atoms. The van der Waals surface area contributed by atoms with E-state index in [1.54, 1.807) is 6.92 Å². The van der Waals surface area contributed by atoms with Crippen molar-refractivity contribution < 1.29 is 4.79 Å². The number of Topliss-reactive ketones (excluding diaryl/α,β-unsaturated/α-hetero) is 1. The summed E-state index contributed by atoms with van der Waals surface area (Å²) in [6.45, 7) is 9.64. The number of carbonyl (C=O) groups excluding carboxylic acids is 1. The van der Waals surface area contributed by atoms with Crippen LogP contribution < -0.4 is 0 Å². The Hall–Kier alpha value is -1.09. The number of hydrogen-bond donors (Lipinski definition) is 0. The third kappa shape index (κ3) is 2.19. The van der Waals surface area contributed by atoms with Gasteiger partial charge in [-0.15, -0.1) is 0 Å². The second kappa shape index (κ2) is 4.06. The smallest absolute Gasteiger partial charge is 0.136 e. The first-order chi connectivity index (χ1) is 7.49. The molecule has 0 atom stereocenters. The Bertz CT molecular complexity index is 392. The molecule has 0 aromatic carbocycles. The van der Waals surface area contributed by atoms with Gasteiger partial charge in [-0.05, 0) is 19.1 Å². The van der Waals surface area contributed by atoms with Crippen LogP contribution in [0, 0.1) is 5.41 Å². The van der Waals surface area contributed by atoms with E-state index in [1.807, 2.05) is 13.8 Å². The first-order valence-electron chi connectivity index (χ1n) is 5.86. The van der Waals surface area contributed by atoms with Crippen LogP contribution in [-0.2, 0) is 17.9 Å². The summed E-state index contributed by atoms with van der Waals surface area (Å²) >= 11 is 0. The minimum absolute atomic E-state index is 0.227. The van der Waals surface area contributed by atoms with Gasteiger partial charge in [0.25, 0.3) is 0 Å². The molecular formula is C13H20N2O. The number of carbonyl (C=O) groups is 1. The van der Waals surface area contributed by atoms with Gasteiger partial charge >= 0.3 is 0 Å². The van der Waals surface area contributed by atoms with Gasteiger partial charge in [0.05, 0.1) is 0 Å². The maximum atomic E-state index is 11.5. The summed E-state index contributed by atoms with van der Waals surface area (Å²) in [5.74, 6) is 0.272. The Kier molecular flexibility index (Phi) is 2.89. The van der Waals surface area contributed by atoms with E-state index in [4.69, 9.17) is 0 Å². The van der Waals surface area contributed by atoms with E-state index in [9.17, 15) is 4.79 Å². The zero-order chi connectivity index (χ0) is 11.8. The highest BCUT2D eigenvalue weighted by Gasteiger charge is 2.28. The van der Waals surface area contributed by atoms with Gasteiger partial charge in [-0.3, -0.25) is 9.69 Å². The monoisotopic (exact) mass is 220 g/mol. The average molecular weight is 220 g/mol. The Labute approximate surface area is 97.1 Å². The van der Waals surface area contributed by atoms with Crippen molar-refractivity contribution in [1.29, 1.82) is 0 Å². The van der Waals surface area contributed by atoms with Crippen LogP contribution in [0.2, 0.25) is 0 Å². The molecule has 1 aromatic rings. The molecule has 0 amide bonds. The van der Waals surface area contributed by atoms with Crippen molar-refractivity contribution in [2.45, 2.75) is 33.9 Å². The summed E-state index contributed by atoms with van der Waals surface area (Å²) < 4.78 is 2.29. The molecule has 0 radical (unpaired) electrons. The zero-order valence-corrected chi connectivity index (χ0v) is 10.4. The molecule has 2 rings (SSSR count). The van der Waals surface area contributed by atoms with E-state index in [2.05, 4.69) is 27.8 Å². The van der Waals surface area contributed by atoms with E-state index >= 15 is 0 Å². The highest BCUT2D eigenvalue weighted by Crippen LogP contribution is 2.21. The van der Waals surface area contributed by atoms with Gasteiger partial charge in [0.1, 0.15) is 5.78 Å². The lowest BCUT2D eigenvalue weighted by Gasteiger charge is -2.34. The lowest BCUT2D eigenvalue weighted by Crippen LogP contribution is -2.42. The SMILES string of the molecule is CC(=O)C(C)(C)CN1CCn2cccc2C1. The van der Waals surface area contributed by atoms with E-state index in [-0.39, 0.29) is 11.2 Å². The largest absolute Gasteiger partial charge is 0.349 e. The maximum absolute atomic E-state index is 11.5. The third-order valence-electron chi connectivity index (χ3n) is 3.54. The molecule has 0 unspecified atom stereocenters. The first-order valence-corrected chi connectivity index (χ1v) is 5.86. The summed E-state index contributed by atoms with van der Waals surface area (Å²) in [5.41, 5.74) is 1.12. The van der Waals surface area contributed by atoms with Gasteiger partial charge in [-0.25, -0.2) is 0 Å². The molecule has 0 aliphatic carbocycles. The molecule has 0 N–H and O–H groups in total. The number of hydrogen-bond acceptors (Lipinski definition) is 2. The fourth-order valence-electron chi connectivity index (χ4n) is 2.17. The minimum Gasteiger partial charge on any atom is -0.349 e. The van der Waals surface area contributed by atoms with Crippen LogP contribution in [0.15, 0.2) is 18.3 Å². The van der Waals surface area contributed by atoms with Crippen LogP contribution in [0.3, 0.4) is 0 Å². The van der Waals surface area contributed by atoms with E-state index in [1.165, 1.54) is 5.69 Å². The zero-order valence-electron chi connectivity index (χ0n) is 10.4. The van der Waals surface area contributed by atoms with Crippen molar-refractivity contribution in [2.24, 2.45) is 5.41 Å². The average Bonchev–Trinajstić information content (AvgIpc) is 2.63. The first kappa shape index (κ1) is 11.4. The van der Waals surface area contributed by atoms with E-state index in [0.29, 0.717) is 0 Å². The van der Waals surface area contributed by atoms with Crippen molar-refractivity contribution in [3.63, 3.8) is 0 Å². The standard InChI is InChI=1S/C13H20N2O/c1-11(16)13(2,3)10-14-7-8-15-6-4-5-12(15)9-14/h4-6H,7-10H2,1-3H3. The maximum Gasteiger partial charge on any atom is 0.136 e. The second-order valence-electron chi connectivity index (χ2n) is 5.34. The van der Waals surface area contributed by atoms with Gasteiger partial charge in [-0.1, -0.05) is 13.8 Å². The van der Waals surface area contributed by atoms with Gasteiger partial charge in [-0.2, -0.15) is 0 Å². The number of nitrogens with zero attached hydrogens (tertiary/aromatic N) is 2. The summed E-state index contributed by atoms with van der Waals surface area (Å²) in [7, 11) is 0. The lowest BCUT2D eigenvalue weighted by atomic mass is 9.88. The summed E-state index contributed by atoms with van der Waals surface area (Å²) in [6, 6.07) is 4.25. The van der Waals surface area contributed by atoms with E-state index < -0.39 is 0 Å². The fourth-order valence-corrected chi connectivity index (χ4v) is 2.17. The quantitative estimate of drug-likeness (QED) is 0.777. The van der Waals surface area contributed by atoms with Crippen molar-refractivity contribution in [3.8, 4) is 0 Å². The number of ketones is 1. The molecule has 0 saturated carbocycles. The Morgan fingerprint density at radius 1 is 1.44 bits per heavy atom. The number of rotatable bonds is 3. The Balaban J connectivity index is 2.02. The molecule has 1 aromatic heterocycles. The summed E-state index contributed by atoms with van der Waals surface area (Å²) in [5, 5.41) is 0. The van der Waals surface area contributed by atoms with Crippen molar-refractivity contribution in [3.05, 3.63) is 24.0 Å². The highest BCUT2D eigenvalue weighted by molar-refractivity contribution is 5.81. The van der Waals surface area contributed by atoms with Gasteiger partial charge < -0.3 is 4.57 Å². The van der Waals surface area contributed by atoms with Crippen LogP contribution in [0.5, 0.6) is 0 Å². The molecule has 3 heteroatoms. The molecule has 0 fully saturated rings. The predicted octanol–water partition coefficient (Wildman–Crippen LogP) is 1.92. The normalized spacial score (nSPS) is 17.2. The minimum atomic E-state index is -0.227. The second-order valence-corrected chi connectivity index (χ2v) is 5.34. The van der Waals surface area contributed by atoms with Crippen LogP contribution in [0.25, 0.3) is 0 Å². The molecule has 3 nitrogen and oxygen atoms in total. The van der Waals surface area contributed by atoms with Crippen molar-refractivity contribution in [2.75, 3.05) is 13.1 Å².